The van der Waals surface area contributed by atoms with Crippen molar-refractivity contribution in [3.8, 4) is 5.75 Å². The number of phenols is 1. The number of hydrazine groups is 1. The lowest BCUT2D eigenvalue weighted by atomic mass is 10.0. The van der Waals surface area contributed by atoms with Gasteiger partial charge in [0.25, 0.3) is 5.69 Å². The van der Waals surface area contributed by atoms with Crippen molar-refractivity contribution >= 4 is 88.1 Å². The molecule has 2 aromatic heterocycles. The van der Waals surface area contributed by atoms with Gasteiger partial charge in [0.05, 0.1) is 42.0 Å². The fraction of sp³-hybridized carbons (Fsp3) is 0.0870. The van der Waals surface area contributed by atoms with Crippen LogP contribution >= 0.6 is 45.9 Å². The summed E-state index contributed by atoms with van der Waals surface area (Å²) in [6.07, 6.45) is 0.336. The zero-order chi connectivity index (χ0) is 26.7. The molecule has 1 saturated heterocycles. The maximum atomic E-state index is 14.2. The van der Waals surface area contributed by atoms with Gasteiger partial charge in [-0.15, -0.1) is 0 Å². The molecular formula is C23H12Cl2F2N6O3S2. The molecule has 3 heterocycles. The minimum atomic E-state index is -0.919. The van der Waals surface area contributed by atoms with Crippen molar-refractivity contribution in [3.05, 3.63) is 79.8 Å². The first-order chi connectivity index (χ1) is 18.2. The van der Waals surface area contributed by atoms with E-state index in [0.717, 1.165) is 23.0 Å². The van der Waals surface area contributed by atoms with Crippen LogP contribution in [0.2, 0.25) is 10.0 Å². The zero-order valence-electron chi connectivity index (χ0n) is 18.7. The fourth-order valence-corrected chi connectivity index (χ4v) is 6.52. The Balaban J connectivity index is 1.43. The minimum Gasteiger partial charge on any atom is -0.508 e. The van der Waals surface area contributed by atoms with Gasteiger partial charge in [0.15, 0.2) is 5.52 Å². The van der Waals surface area contributed by atoms with Crippen LogP contribution in [0, 0.1) is 21.7 Å². The minimum absolute atomic E-state index is 0.0271. The Morgan fingerprint density at radius 1 is 1.08 bits per heavy atom. The van der Waals surface area contributed by atoms with Gasteiger partial charge in [-0.05, 0) is 29.8 Å². The number of amidine groups is 1. The quantitative estimate of drug-likeness (QED) is 0.166. The van der Waals surface area contributed by atoms with E-state index in [2.05, 4.69) is 20.4 Å². The van der Waals surface area contributed by atoms with Gasteiger partial charge < -0.3 is 5.11 Å². The van der Waals surface area contributed by atoms with Crippen molar-refractivity contribution in [2.75, 3.05) is 5.01 Å². The number of aliphatic imine (C=N–C) groups is 1. The van der Waals surface area contributed by atoms with Crippen LogP contribution in [0.25, 0.3) is 20.4 Å². The summed E-state index contributed by atoms with van der Waals surface area (Å²) in [5, 5.41) is 23.2. The lowest BCUT2D eigenvalue weighted by Crippen LogP contribution is -2.34. The van der Waals surface area contributed by atoms with Crippen LogP contribution < -0.4 is 10.4 Å². The molecule has 6 rings (SSSR count). The standard InChI is InChI=1S/C23H12Cl2F2N6O3S2/c24-17-11(26)5-6-13-20(17)38-23(28-13)32-14(9-1-3-10(34)4-2-9)8-16(31-32)29-22-30-19-15(33(35)36)7-12(27)18(25)21(19)37-22/h1-7,14,34H,8H2,(H,29,30,31). The molecule has 1 unspecified atom stereocenters. The summed E-state index contributed by atoms with van der Waals surface area (Å²) in [7, 11) is 0. The number of hydrogen-bond acceptors (Lipinski definition) is 9. The number of halogens is 4. The van der Waals surface area contributed by atoms with Crippen molar-refractivity contribution in [3.63, 3.8) is 0 Å². The Kier molecular flexibility index (Phi) is 6.02. The number of hydrogen-bond donors (Lipinski definition) is 2. The normalized spacial score (nSPS) is 16.6. The van der Waals surface area contributed by atoms with E-state index in [-0.39, 0.29) is 37.2 Å². The summed E-state index contributed by atoms with van der Waals surface area (Å²) < 4.78 is 28.8. The van der Waals surface area contributed by atoms with Crippen LogP contribution in [0.4, 0.5) is 24.7 Å². The predicted molar refractivity (Wildman–Crippen MR) is 144 cm³/mol. The molecule has 0 amide bonds. The van der Waals surface area contributed by atoms with E-state index in [0.29, 0.717) is 27.6 Å². The zero-order valence-corrected chi connectivity index (χ0v) is 21.8. The van der Waals surface area contributed by atoms with E-state index >= 15 is 0 Å². The number of non-ortho nitro benzene ring substituents is 1. The highest BCUT2D eigenvalue weighted by Gasteiger charge is 2.33. The van der Waals surface area contributed by atoms with Crippen molar-refractivity contribution < 1.29 is 18.8 Å². The molecule has 0 saturated carbocycles. The Morgan fingerprint density at radius 2 is 1.82 bits per heavy atom. The van der Waals surface area contributed by atoms with Crippen LogP contribution in [-0.2, 0) is 0 Å². The lowest BCUT2D eigenvalue weighted by molar-refractivity contribution is -0.383. The number of nitro benzene ring substituents is 1. The first-order valence-electron chi connectivity index (χ1n) is 10.8. The number of aromatic hydroxyl groups is 1. The number of aromatic nitrogens is 2. The monoisotopic (exact) mass is 592 g/mol. The third-order valence-electron chi connectivity index (χ3n) is 5.83. The molecule has 1 aliphatic rings. The van der Waals surface area contributed by atoms with Gasteiger partial charge >= 0.3 is 0 Å². The van der Waals surface area contributed by atoms with Gasteiger partial charge in [-0.3, -0.25) is 20.5 Å². The summed E-state index contributed by atoms with van der Waals surface area (Å²) in [5.41, 5.74) is 3.95. The Hall–Kier alpha value is -3.65. The number of rotatable bonds is 4. The second-order valence-electron chi connectivity index (χ2n) is 8.18. The van der Waals surface area contributed by atoms with E-state index in [1.165, 1.54) is 23.5 Å². The Labute approximate surface area is 229 Å². The average Bonchev–Trinajstić information content (AvgIpc) is 3.61. The molecular weight excluding hydrogens is 581 g/mol. The van der Waals surface area contributed by atoms with Gasteiger partial charge in [-0.1, -0.05) is 58.0 Å². The predicted octanol–water partition coefficient (Wildman–Crippen LogP) is 7.29. The van der Waals surface area contributed by atoms with E-state index < -0.39 is 22.2 Å². The molecule has 0 radical (unpaired) electrons. The van der Waals surface area contributed by atoms with Crippen molar-refractivity contribution in [2.24, 2.45) is 4.99 Å². The summed E-state index contributed by atoms with van der Waals surface area (Å²) in [6.45, 7) is 0. The number of nitro groups is 1. The molecule has 0 aliphatic carbocycles. The first kappa shape index (κ1) is 24.7. The second-order valence-corrected chi connectivity index (χ2v) is 10.9. The second kappa shape index (κ2) is 9.27. The van der Waals surface area contributed by atoms with Crippen molar-refractivity contribution in [2.45, 2.75) is 12.5 Å². The van der Waals surface area contributed by atoms with Crippen LogP contribution in [-0.4, -0.2) is 25.8 Å². The van der Waals surface area contributed by atoms with Crippen LogP contribution in [0.15, 0.2) is 47.5 Å². The van der Waals surface area contributed by atoms with E-state index in [1.807, 2.05) is 0 Å². The Bertz CT molecular complexity index is 1790. The summed E-state index contributed by atoms with van der Waals surface area (Å²) >= 11 is 14.3. The SMILES string of the molecule is O=[N+]([O-])c1cc(F)c(Cl)c2sc(/N=C3/CC(c4ccc(O)cc4)N(c4nc5ccc(F)c(Cl)c5s4)N3)nc12. The fourth-order valence-electron chi connectivity index (χ4n) is 4.07. The molecule has 5 aromatic rings. The number of nitrogens with one attached hydrogen (secondary N) is 1. The van der Waals surface area contributed by atoms with Gasteiger partial charge in [0.2, 0.25) is 10.3 Å². The molecule has 2 N–H and O–H groups in total. The molecule has 9 nitrogen and oxygen atoms in total. The summed E-state index contributed by atoms with van der Waals surface area (Å²) in [4.78, 5) is 24.1. The molecule has 192 valence electrons. The highest BCUT2D eigenvalue weighted by molar-refractivity contribution is 7.23. The van der Waals surface area contributed by atoms with Gasteiger partial charge in [0.1, 0.15) is 23.2 Å². The Morgan fingerprint density at radius 3 is 2.55 bits per heavy atom. The molecule has 15 heteroatoms. The topological polar surface area (TPSA) is 117 Å². The smallest absolute Gasteiger partial charge is 0.299 e. The number of thiazole rings is 2. The highest BCUT2D eigenvalue weighted by Crippen LogP contribution is 2.42. The van der Waals surface area contributed by atoms with Gasteiger partial charge in [-0.2, -0.15) is 0 Å². The van der Waals surface area contributed by atoms with Crippen LogP contribution in [0.5, 0.6) is 5.75 Å². The van der Waals surface area contributed by atoms with Gasteiger partial charge in [0, 0.05) is 6.42 Å². The molecule has 3 aromatic carbocycles. The molecule has 0 bridgehead atoms. The van der Waals surface area contributed by atoms with E-state index in [1.54, 1.807) is 29.3 Å². The summed E-state index contributed by atoms with van der Waals surface area (Å²) in [6, 6.07) is 9.78. The maximum Gasteiger partial charge on any atom is 0.299 e. The van der Waals surface area contributed by atoms with E-state index in [9.17, 15) is 24.0 Å². The van der Waals surface area contributed by atoms with Crippen LogP contribution in [0.3, 0.4) is 0 Å². The number of anilines is 1. The average molecular weight is 593 g/mol. The number of phenolic OH excluding ortho intramolecular Hbond substituents is 1. The molecule has 0 spiro atoms. The van der Waals surface area contributed by atoms with E-state index in [4.69, 9.17) is 23.2 Å². The first-order valence-corrected chi connectivity index (χ1v) is 13.2. The lowest BCUT2D eigenvalue weighted by Gasteiger charge is -2.23. The number of nitrogens with zero attached hydrogens (tertiary/aromatic N) is 5. The molecule has 1 aliphatic heterocycles. The molecule has 1 fully saturated rings. The summed E-state index contributed by atoms with van der Waals surface area (Å²) in [5.74, 6) is -0.932. The highest BCUT2D eigenvalue weighted by atomic mass is 35.5. The van der Waals surface area contributed by atoms with Crippen LogP contribution in [0.1, 0.15) is 18.0 Å². The van der Waals surface area contributed by atoms with Crippen molar-refractivity contribution in [1.29, 1.82) is 0 Å². The third kappa shape index (κ3) is 4.17. The molecule has 38 heavy (non-hydrogen) atoms. The van der Waals surface area contributed by atoms with Crippen molar-refractivity contribution in [1.82, 2.24) is 15.4 Å². The molecule has 1 atom stereocenters. The third-order valence-corrected chi connectivity index (χ3v) is 8.85. The maximum absolute atomic E-state index is 14.2. The number of benzene rings is 3. The van der Waals surface area contributed by atoms with Gasteiger partial charge in [-0.25, -0.2) is 23.7 Å². The largest absolute Gasteiger partial charge is 0.508 e. The number of fused-ring (bicyclic) bond motifs is 2.